The van der Waals surface area contributed by atoms with Crippen LogP contribution in [0.2, 0.25) is 0 Å². The van der Waals surface area contributed by atoms with Crippen molar-refractivity contribution >= 4 is 29.3 Å². The van der Waals surface area contributed by atoms with Gasteiger partial charge in [0.2, 0.25) is 11.8 Å². The summed E-state index contributed by atoms with van der Waals surface area (Å²) in [6.07, 6.45) is 7.34. The van der Waals surface area contributed by atoms with Crippen molar-refractivity contribution in [1.29, 1.82) is 0 Å². The van der Waals surface area contributed by atoms with Gasteiger partial charge in [0.05, 0.1) is 36.0 Å². The first-order valence-electron chi connectivity index (χ1n) is 17.5. The molecule has 252 valence electrons. The molecule has 2 saturated heterocycles. The monoisotopic (exact) mass is 659 g/mol. The van der Waals surface area contributed by atoms with E-state index in [-0.39, 0.29) is 30.0 Å². The number of allylic oxidation sites excluding steroid dienone is 2. The summed E-state index contributed by atoms with van der Waals surface area (Å²) in [6.45, 7) is 1.97. The Morgan fingerprint density at radius 3 is 2.29 bits per heavy atom. The molecule has 3 aromatic rings. The van der Waals surface area contributed by atoms with Crippen molar-refractivity contribution < 1.29 is 29.0 Å². The lowest BCUT2D eigenvalue weighted by molar-refractivity contribution is -0.144. The number of phenols is 1. The number of rotatable bonds is 6. The highest BCUT2D eigenvalue weighted by molar-refractivity contribution is 6.13. The lowest BCUT2D eigenvalue weighted by Crippen LogP contribution is -2.53. The molecule has 2 heterocycles. The van der Waals surface area contributed by atoms with Crippen LogP contribution in [-0.4, -0.2) is 51.8 Å². The van der Waals surface area contributed by atoms with Gasteiger partial charge in [0.1, 0.15) is 11.5 Å². The maximum atomic E-state index is 15.2. The number of hydrazine groups is 1. The molecule has 2 saturated carbocycles. The number of methoxy groups -OCH3 is 1. The smallest absolute Gasteiger partial charge is 0.260 e. The SMILES string of the molecule is COc1ccc([C@H]2C3=CC[C@@H]4C(=O)N(C5CCCCC5)C(=O)[C@@H]4[C@@H]3C[C@H]3C(=O)N(Nc4ccc(C)cc4)C(=O)[C@@]23c2ccccc2)c(O)c1. The maximum Gasteiger partial charge on any atom is 0.260 e. The van der Waals surface area contributed by atoms with E-state index < -0.39 is 46.8 Å². The Kier molecular flexibility index (Phi) is 7.61. The first-order chi connectivity index (χ1) is 23.7. The molecule has 2 N–H and O–H groups in total. The van der Waals surface area contributed by atoms with E-state index in [1.807, 2.05) is 67.6 Å². The van der Waals surface area contributed by atoms with Crippen molar-refractivity contribution in [2.75, 3.05) is 12.5 Å². The second-order valence-electron chi connectivity index (χ2n) is 14.4. The van der Waals surface area contributed by atoms with Crippen molar-refractivity contribution in [2.24, 2.45) is 23.7 Å². The van der Waals surface area contributed by atoms with Crippen LogP contribution in [0.5, 0.6) is 11.5 Å². The largest absolute Gasteiger partial charge is 0.508 e. The molecule has 8 rings (SSSR count). The van der Waals surface area contributed by atoms with Crippen molar-refractivity contribution in [3.8, 4) is 11.5 Å². The number of nitrogens with zero attached hydrogens (tertiary/aromatic N) is 2. The molecule has 4 fully saturated rings. The van der Waals surface area contributed by atoms with Crippen LogP contribution < -0.4 is 10.2 Å². The fraction of sp³-hybridized carbons (Fsp3) is 0.400. The average Bonchev–Trinajstić information content (AvgIpc) is 3.50. The van der Waals surface area contributed by atoms with Crippen molar-refractivity contribution in [3.05, 3.63) is 101 Å². The Balaban J connectivity index is 1.31. The quantitative estimate of drug-likeness (QED) is 0.245. The summed E-state index contributed by atoms with van der Waals surface area (Å²) in [5, 5.41) is 12.8. The number of phenolic OH excluding ortho intramolecular Hbond substituents is 1. The molecule has 3 aromatic carbocycles. The first-order valence-corrected chi connectivity index (χ1v) is 17.5. The number of anilines is 1. The number of hydrogen-bond acceptors (Lipinski definition) is 7. The molecule has 0 bridgehead atoms. The number of carbonyl (C=O) groups excluding carboxylic acids is 4. The molecule has 0 spiro atoms. The minimum atomic E-state index is -1.44. The van der Waals surface area contributed by atoms with Gasteiger partial charge in [0, 0.05) is 23.6 Å². The molecule has 0 unspecified atom stereocenters. The summed E-state index contributed by atoms with van der Waals surface area (Å²) in [5.41, 5.74) is 5.27. The standard InChI is InChI=1S/C40H41N3O6/c1-23-13-15-25(16-14-23)41-43-37(46)32-22-31-28(19-20-30-34(31)38(47)42(36(30)45)26-11-7-4-8-12-26)35(29-18-17-27(49-2)21-33(29)44)40(32,39(43)48)24-9-5-3-6-10-24/h3,5-6,9-10,13-19,21,26,30-32,34-35,41,44H,4,7-8,11-12,20,22H2,1-2H3/t30-,31+,32-,34-,35+,40+/m0/s1. The van der Waals surface area contributed by atoms with E-state index in [4.69, 9.17) is 4.74 Å². The topological polar surface area (TPSA) is 116 Å². The van der Waals surface area contributed by atoms with Crippen molar-refractivity contribution in [3.63, 3.8) is 0 Å². The Morgan fingerprint density at radius 2 is 1.59 bits per heavy atom. The van der Waals surface area contributed by atoms with Crippen LogP contribution in [0.25, 0.3) is 0 Å². The molecular formula is C40H41N3O6. The number of hydrogen-bond donors (Lipinski definition) is 2. The summed E-state index contributed by atoms with van der Waals surface area (Å²) >= 11 is 0. The van der Waals surface area contributed by atoms with E-state index in [1.54, 1.807) is 17.0 Å². The van der Waals surface area contributed by atoms with Gasteiger partial charge in [0.25, 0.3) is 11.8 Å². The summed E-state index contributed by atoms with van der Waals surface area (Å²) in [4.78, 5) is 60.0. The van der Waals surface area contributed by atoms with E-state index in [0.29, 0.717) is 29.0 Å². The third-order valence-electron chi connectivity index (χ3n) is 11.9. The zero-order chi connectivity index (χ0) is 34.0. The van der Waals surface area contributed by atoms with Crippen LogP contribution in [-0.2, 0) is 24.6 Å². The Hall–Kier alpha value is -4.92. The number of likely N-dealkylation sites (tertiary alicyclic amines) is 1. The molecule has 6 atom stereocenters. The van der Waals surface area contributed by atoms with E-state index in [2.05, 4.69) is 5.43 Å². The third-order valence-corrected chi connectivity index (χ3v) is 11.9. The van der Waals surface area contributed by atoms with Crippen LogP contribution in [0, 0.1) is 30.6 Å². The highest BCUT2D eigenvalue weighted by atomic mass is 16.5. The number of aromatic hydroxyl groups is 1. The summed E-state index contributed by atoms with van der Waals surface area (Å²) in [5.74, 6) is -3.97. The lowest BCUT2D eigenvalue weighted by Gasteiger charge is -2.50. The van der Waals surface area contributed by atoms with Gasteiger partial charge in [-0.15, -0.1) is 0 Å². The molecule has 5 aliphatic rings. The molecule has 0 aromatic heterocycles. The number of aryl methyl sites for hydroxylation is 1. The van der Waals surface area contributed by atoms with Gasteiger partial charge in [-0.05, 0) is 62.3 Å². The molecule has 4 amide bonds. The Morgan fingerprint density at radius 1 is 0.857 bits per heavy atom. The number of ether oxygens (including phenoxy) is 1. The van der Waals surface area contributed by atoms with Crippen molar-refractivity contribution in [1.82, 2.24) is 9.91 Å². The molecule has 3 aliphatic carbocycles. The number of benzene rings is 3. The summed E-state index contributed by atoms with van der Waals surface area (Å²) < 4.78 is 5.42. The zero-order valence-electron chi connectivity index (χ0n) is 27.8. The predicted octanol–water partition coefficient (Wildman–Crippen LogP) is 6.03. The molecule has 49 heavy (non-hydrogen) atoms. The normalized spacial score (nSPS) is 29.8. The van der Waals surface area contributed by atoms with Crippen molar-refractivity contribution in [2.45, 2.75) is 69.2 Å². The summed E-state index contributed by atoms with van der Waals surface area (Å²) in [6, 6.07) is 21.8. The van der Waals surface area contributed by atoms with Crippen LogP contribution in [0.3, 0.4) is 0 Å². The van der Waals surface area contributed by atoms with Crippen LogP contribution in [0.1, 0.15) is 67.6 Å². The number of nitrogens with one attached hydrogen (secondary N) is 1. The molecule has 9 heteroatoms. The second-order valence-corrected chi connectivity index (χ2v) is 14.4. The fourth-order valence-corrected chi connectivity index (χ4v) is 9.71. The number of amides is 4. The van der Waals surface area contributed by atoms with E-state index >= 15 is 4.79 Å². The van der Waals surface area contributed by atoms with Gasteiger partial charge in [-0.2, -0.15) is 5.01 Å². The Bertz CT molecular complexity index is 1870. The Labute approximate surface area is 285 Å². The second kappa shape index (κ2) is 11.9. The average molecular weight is 660 g/mol. The van der Waals surface area contributed by atoms with Gasteiger partial charge < -0.3 is 9.84 Å². The summed E-state index contributed by atoms with van der Waals surface area (Å²) in [7, 11) is 1.52. The third kappa shape index (κ3) is 4.65. The van der Waals surface area contributed by atoms with Crippen LogP contribution >= 0.6 is 0 Å². The lowest BCUT2D eigenvalue weighted by atomic mass is 9.49. The van der Waals surface area contributed by atoms with E-state index in [1.165, 1.54) is 13.2 Å². The molecular weight excluding hydrogens is 618 g/mol. The molecule has 9 nitrogen and oxygen atoms in total. The first kappa shape index (κ1) is 31.4. The minimum absolute atomic E-state index is 0.0649. The number of carbonyl (C=O) groups is 4. The van der Waals surface area contributed by atoms with Crippen LogP contribution in [0.4, 0.5) is 5.69 Å². The fourth-order valence-electron chi connectivity index (χ4n) is 9.71. The van der Waals surface area contributed by atoms with E-state index in [0.717, 1.165) is 48.2 Å². The zero-order valence-corrected chi connectivity index (χ0v) is 27.8. The predicted molar refractivity (Wildman–Crippen MR) is 182 cm³/mol. The van der Waals surface area contributed by atoms with E-state index in [9.17, 15) is 19.5 Å². The van der Waals surface area contributed by atoms with Gasteiger partial charge >= 0.3 is 0 Å². The van der Waals surface area contributed by atoms with Gasteiger partial charge in [-0.25, -0.2) is 0 Å². The molecule has 2 aliphatic heterocycles. The van der Waals surface area contributed by atoms with Gasteiger partial charge in [-0.1, -0.05) is 85.0 Å². The molecule has 0 radical (unpaired) electrons. The van der Waals surface area contributed by atoms with Gasteiger partial charge in [0.15, 0.2) is 0 Å². The highest BCUT2D eigenvalue weighted by Crippen LogP contribution is 2.65. The van der Waals surface area contributed by atoms with Gasteiger partial charge in [-0.3, -0.25) is 29.5 Å². The van der Waals surface area contributed by atoms with Crippen LogP contribution in [0.15, 0.2) is 84.4 Å². The number of fused-ring (bicyclic) bond motifs is 4. The minimum Gasteiger partial charge on any atom is -0.508 e. The maximum absolute atomic E-state index is 15.2. The number of imide groups is 2. The highest BCUT2D eigenvalue weighted by Gasteiger charge is 2.70.